The van der Waals surface area contributed by atoms with Gasteiger partial charge in [0.1, 0.15) is 0 Å². The number of nitrogens with zero attached hydrogens (tertiary/aromatic N) is 4. The number of fused-ring (bicyclic) bond motifs is 1. The third-order valence-electron chi connectivity index (χ3n) is 7.22. The van der Waals surface area contributed by atoms with E-state index in [0.29, 0.717) is 5.92 Å². The molecule has 2 amide bonds. The molecule has 1 aliphatic rings. The van der Waals surface area contributed by atoms with Gasteiger partial charge in [-0.1, -0.05) is 66.7 Å². The smallest absolute Gasteiger partial charge is 0.315 e. The number of carbonyl (C=O) groups excluding carboxylic acids is 1. The van der Waals surface area contributed by atoms with E-state index < -0.39 is 0 Å². The van der Waals surface area contributed by atoms with Crippen LogP contribution in [0.5, 0.6) is 0 Å². The zero-order valence-corrected chi connectivity index (χ0v) is 21.7. The Hall–Kier alpha value is -3.77. The summed E-state index contributed by atoms with van der Waals surface area (Å²) in [5.41, 5.74) is 12.6. The molecule has 0 radical (unpaired) electrons. The second kappa shape index (κ2) is 11.1. The van der Waals surface area contributed by atoms with Crippen LogP contribution in [0.3, 0.4) is 0 Å². The highest BCUT2D eigenvalue weighted by Crippen LogP contribution is 2.31. The first-order valence-corrected chi connectivity index (χ1v) is 13.2. The van der Waals surface area contributed by atoms with Crippen molar-refractivity contribution in [3.05, 3.63) is 84.4 Å². The number of carbonyl (C=O) groups is 1. The van der Waals surface area contributed by atoms with Crippen molar-refractivity contribution in [2.75, 3.05) is 19.6 Å². The quantitative estimate of drug-likeness (QED) is 0.344. The molecule has 6 heteroatoms. The van der Waals surface area contributed by atoms with E-state index in [0.717, 1.165) is 72.6 Å². The maximum absolute atomic E-state index is 11.8. The molecule has 190 valence electrons. The lowest BCUT2D eigenvalue weighted by atomic mass is 9.96. The monoisotopic (exact) mass is 493 g/mol. The molecule has 1 saturated heterocycles. The number of likely N-dealkylation sites (tertiary alicyclic amines) is 1. The molecule has 1 unspecified atom stereocenters. The van der Waals surface area contributed by atoms with Gasteiger partial charge in [-0.3, -0.25) is 4.90 Å². The van der Waals surface area contributed by atoms with Crippen molar-refractivity contribution in [2.24, 2.45) is 11.7 Å². The summed E-state index contributed by atoms with van der Waals surface area (Å²) in [6.07, 6.45) is 2.27. The number of hydrogen-bond acceptors (Lipinski definition) is 4. The highest BCUT2D eigenvalue weighted by molar-refractivity contribution is 5.86. The zero-order chi connectivity index (χ0) is 25.8. The second-order valence-electron chi connectivity index (χ2n) is 10.3. The number of aromatic nitrogens is 2. The molecular formula is C31H35N5O. The number of primary amides is 1. The average molecular weight is 494 g/mol. The van der Waals surface area contributed by atoms with Crippen LogP contribution in [0.25, 0.3) is 33.5 Å². The Morgan fingerprint density at radius 1 is 0.919 bits per heavy atom. The molecule has 2 N–H and O–H groups in total. The summed E-state index contributed by atoms with van der Waals surface area (Å²) in [6.45, 7) is 7.72. The molecule has 3 aromatic carbocycles. The number of hydrogen-bond donors (Lipinski definition) is 1. The Morgan fingerprint density at radius 3 is 2.11 bits per heavy atom. The molecule has 4 aromatic rings. The highest BCUT2D eigenvalue weighted by Gasteiger charge is 2.25. The first kappa shape index (κ1) is 24.9. The van der Waals surface area contributed by atoms with Crippen LogP contribution in [0, 0.1) is 5.92 Å². The fraction of sp³-hybridized carbons (Fsp3) is 0.323. The molecule has 0 bridgehead atoms. The van der Waals surface area contributed by atoms with Crippen LogP contribution in [-0.2, 0) is 6.54 Å². The van der Waals surface area contributed by atoms with E-state index in [1.807, 2.05) is 56.3 Å². The summed E-state index contributed by atoms with van der Waals surface area (Å²) < 4.78 is 0. The number of piperidine rings is 1. The van der Waals surface area contributed by atoms with Gasteiger partial charge in [-0.05, 0) is 56.8 Å². The van der Waals surface area contributed by atoms with E-state index in [4.69, 9.17) is 15.7 Å². The van der Waals surface area contributed by atoms with Crippen LogP contribution in [0.15, 0.2) is 78.9 Å². The van der Waals surface area contributed by atoms with Crippen molar-refractivity contribution in [3.63, 3.8) is 0 Å². The molecule has 0 saturated carbocycles. The van der Waals surface area contributed by atoms with Gasteiger partial charge in [0, 0.05) is 36.8 Å². The van der Waals surface area contributed by atoms with Crippen LogP contribution in [0.1, 0.15) is 32.3 Å². The maximum atomic E-state index is 11.8. The fourth-order valence-electron chi connectivity index (χ4n) is 5.30. The summed E-state index contributed by atoms with van der Waals surface area (Å²) in [5.74, 6) is 0.448. The second-order valence-corrected chi connectivity index (χ2v) is 10.3. The normalized spacial score (nSPS) is 16.2. The van der Waals surface area contributed by atoms with Crippen LogP contribution >= 0.6 is 0 Å². The van der Waals surface area contributed by atoms with Gasteiger partial charge in [-0.2, -0.15) is 0 Å². The molecule has 6 nitrogen and oxygen atoms in total. The van der Waals surface area contributed by atoms with E-state index in [9.17, 15) is 4.79 Å². The van der Waals surface area contributed by atoms with Crippen molar-refractivity contribution in [3.8, 4) is 22.5 Å². The van der Waals surface area contributed by atoms with Gasteiger partial charge >= 0.3 is 6.03 Å². The van der Waals surface area contributed by atoms with Gasteiger partial charge in [0.05, 0.1) is 22.4 Å². The van der Waals surface area contributed by atoms with Gasteiger partial charge in [-0.25, -0.2) is 14.8 Å². The molecular weight excluding hydrogens is 458 g/mol. The Bertz CT molecular complexity index is 1350. The van der Waals surface area contributed by atoms with Crippen molar-refractivity contribution in [1.82, 2.24) is 19.8 Å². The largest absolute Gasteiger partial charge is 0.351 e. The minimum atomic E-state index is -0.325. The molecule has 1 fully saturated rings. The predicted molar refractivity (Wildman–Crippen MR) is 150 cm³/mol. The summed E-state index contributed by atoms with van der Waals surface area (Å²) >= 11 is 0. The third-order valence-corrected chi connectivity index (χ3v) is 7.22. The van der Waals surface area contributed by atoms with Crippen molar-refractivity contribution >= 4 is 17.1 Å². The highest BCUT2D eigenvalue weighted by atomic mass is 16.2. The number of nitrogens with two attached hydrogens (primary N) is 1. The third kappa shape index (κ3) is 5.81. The van der Waals surface area contributed by atoms with Gasteiger partial charge in [0.15, 0.2) is 0 Å². The summed E-state index contributed by atoms with van der Waals surface area (Å²) in [4.78, 5) is 26.1. The van der Waals surface area contributed by atoms with E-state index in [1.165, 1.54) is 5.56 Å². The fourth-order valence-corrected chi connectivity index (χ4v) is 5.30. The van der Waals surface area contributed by atoms with Crippen LogP contribution in [0.4, 0.5) is 4.79 Å². The molecule has 0 aliphatic carbocycles. The topological polar surface area (TPSA) is 75.3 Å². The standard InChI is InChI=1S/C31H35N5O/c1-22(2)36(31(32)37)21-24-9-8-18-35(20-24)19-23-14-16-26(17-15-23)30-29(25-10-4-3-5-11-25)33-27-12-6-7-13-28(27)34-30/h3-7,10-17,22,24H,8-9,18-21H2,1-2H3,(H2,32,37). The van der Waals surface area contributed by atoms with E-state index in [1.54, 1.807) is 4.90 Å². The first-order valence-electron chi connectivity index (χ1n) is 13.2. The van der Waals surface area contributed by atoms with Crippen molar-refractivity contribution < 1.29 is 4.79 Å². The van der Waals surface area contributed by atoms with E-state index in [-0.39, 0.29) is 12.1 Å². The van der Waals surface area contributed by atoms with Crippen LogP contribution in [-0.4, -0.2) is 51.5 Å². The minimum absolute atomic E-state index is 0.124. The Labute approximate surface area is 219 Å². The number of rotatable bonds is 7. The van der Waals surface area contributed by atoms with E-state index in [2.05, 4.69) is 41.3 Å². The van der Waals surface area contributed by atoms with E-state index >= 15 is 0 Å². The molecule has 1 aliphatic heterocycles. The Morgan fingerprint density at radius 2 is 1.51 bits per heavy atom. The Balaban J connectivity index is 1.35. The van der Waals surface area contributed by atoms with Gasteiger partial charge < -0.3 is 10.6 Å². The van der Waals surface area contributed by atoms with Crippen molar-refractivity contribution in [1.29, 1.82) is 0 Å². The summed E-state index contributed by atoms with van der Waals surface area (Å²) in [5, 5.41) is 0. The lowest BCUT2D eigenvalue weighted by Crippen LogP contribution is -2.47. The average Bonchev–Trinajstić information content (AvgIpc) is 2.92. The number of benzene rings is 3. The molecule has 5 rings (SSSR count). The first-order chi connectivity index (χ1) is 18.0. The zero-order valence-electron chi connectivity index (χ0n) is 21.7. The maximum Gasteiger partial charge on any atom is 0.315 e. The number of para-hydroxylation sites is 2. The summed E-state index contributed by atoms with van der Waals surface area (Å²) in [7, 11) is 0. The Kier molecular flexibility index (Phi) is 7.47. The SMILES string of the molecule is CC(C)N(CC1CCCN(Cc2ccc(-c3nc4ccccc4nc3-c3ccccc3)cc2)C1)C(N)=O. The molecule has 1 atom stereocenters. The number of amides is 2. The lowest BCUT2D eigenvalue weighted by Gasteiger charge is -2.36. The predicted octanol–water partition coefficient (Wildman–Crippen LogP) is 5.96. The lowest BCUT2D eigenvalue weighted by molar-refractivity contribution is 0.125. The minimum Gasteiger partial charge on any atom is -0.351 e. The number of urea groups is 1. The molecule has 37 heavy (non-hydrogen) atoms. The summed E-state index contributed by atoms with van der Waals surface area (Å²) in [6, 6.07) is 26.8. The van der Waals surface area contributed by atoms with Gasteiger partial charge in [-0.15, -0.1) is 0 Å². The van der Waals surface area contributed by atoms with Crippen molar-refractivity contribution in [2.45, 2.75) is 39.3 Å². The molecule has 0 spiro atoms. The van der Waals surface area contributed by atoms with Gasteiger partial charge in [0.25, 0.3) is 0 Å². The van der Waals surface area contributed by atoms with Crippen LogP contribution in [0.2, 0.25) is 0 Å². The molecule has 1 aromatic heterocycles. The van der Waals surface area contributed by atoms with Crippen LogP contribution < -0.4 is 5.73 Å². The van der Waals surface area contributed by atoms with Gasteiger partial charge in [0.2, 0.25) is 0 Å². The molecule has 2 heterocycles.